The summed E-state index contributed by atoms with van der Waals surface area (Å²) in [5, 5.41) is 0. The maximum absolute atomic E-state index is 12.1. The van der Waals surface area contributed by atoms with E-state index in [2.05, 4.69) is 19.1 Å². The van der Waals surface area contributed by atoms with Gasteiger partial charge in [-0.05, 0) is 69.7 Å². The zero-order valence-corrected chi connectivity index (χ0v) is 15.3. The van der Waals surface area contributed by atoms with Crippen molar-refractivity contribution in [3.63, 3.8) is 0 Å². The number of ether oxygens (including phenoxy) is 2. The van der Waals surface area contributed by atoms with Gasteiger partial charge in [-0.2, -0.15) is 0 Å². The molecule has 1 amide bonds. The lowest BCUT2D eigenvalue weighted by Gasteiger charge is -2.34. The summed E-state index contributed by atoms with van der Waals surface area (Å²) < 4.78 is 11.0. The summed E-state index contributed by atoms with van der Waals surface area (Å²) in [6.07, 6.45) is 1.72. The Bertz CT molecular complexity index is 558. The fourth-order valence-electron chi connectivity index (χ4n) is 3.07. The number of hydrogen-bond donors (Lipinski definition) is 1. The lowest BCUT2D eigenvalue weighted by Crippen LogP contribution is -2.41. The molecule has 0 aliphatic carbocycles. The number of amides is 1. The second-order valence-corrected chi connectivity index (χ2v) is 7.40. The van der Waals surface area contributed by atoms with E-state index >= 15 is 0 Å². The first-order chi connectivity index (χ1) is 11.3. The van der Waals surface area contributed by atoms with E-state index in [1.54, 1.807) is 0 Å². The van der Waals surface area contributed by atoms with Crippen LogP contribution >= 0.6 is 0 Å². The fourth-order valence-corrected chi connectivity index (χ4v) is 3.07. The zero-order valence-electron chi connectivity index (χ0n) is 15.3. The largest absolute Gasteiger partial charge is 0.492 e. The van der Waals surface area contributed by atoms with Crippen LogP contribution in [0, 0.1) is 6.92 Å². The van der Waals surface area contributed by atoms with Gasteiger partial charge in [0.15, 0.2) is 0 Å². The maximum atomic E-state index is 12.1. The normalized spacial score (nSPS) is 16.1. The van der Waals surface area contributed by atoms with E-state index in [4.69, 9.17) is 15.2 Å². The monoisotopic (exact) mass is 334 g/mol. The van der Waals surface area contributed by atoms with Gasteiger partial charge in [0.05, 0.1) is 0 Å². The van der Waals surface area contributed by atoms with Crippen molar-refractivity contribution in [2.45, 2.75) is 52.1 Å². The van der Waals surface area contributed by atoms with Gasteiger partial charge in [0, 0.05) is 19.6 Å². The van der Waals surface area contributed by atoms with E-state index in [9.17, 15) is 4.79 Å². The van der Waals surface area contributed by atoms with Crippen molar-refractivity contribution in [1.82, 2.24) is 4.90 Å². The molecule has 1 saturated heterocycles. The Balaban J connectivity index is 1.93. The van der Waals surface area contributed by atoms with Gasteiger partial charge in [0.2, 0.25) is 0 Å². The van der Waals surface area contributed by atoms with Gasteiger partial charge >= 0.3 is 6.09 Å². The summed E-state index contributed by atoms with van der Waals surface area (Å²) in [5.74, 6) is 1.35. The quantitative estimate of drug-likeness (QED) is 0.916. The molecule has 2 rings (SSSR count). The van der Waals surface area contributed by atoms with E-state index in [0.717, 1.165) is 31.7 Å². The molecule has 1 aromatic carbocycles. The van der Waals surface area contributed by atoms with Crippen molar-refractivity contribution in [3.8, 4) is 5.75 Å². The molecule has 0 bridgehead atoms. The second kappa shape index (κ2) is 7.88. The van der Waals surface area contributed by atoms with Crippen molar-refractivity contribution < 1.29 is 14.3 Å². The van der Waals surface area contributed by atoms with Crippen molar-refractivity contribution in [3.05, 3.63) is 29.3 Å². The van der Waals surface area contributed by atoms with Crippen molar-refractivity contribution in [2.75, 3.05) is 26.2 Å². The summed E-state index contributed by atoms with van der Waals surface area (Å²) >= 11 is 0. The molecule has 5 nitrogen and oxygen atoms in total. The lowest BCUT2D eigenvalue weighted by atomic mass is 9.87. The predicted molar refractivity (Wildman–Crippen MR) is 95.5 cm³/mol. The summed E-state index contributed by atoms with van der Waals surface area (Å²) in [4.78, 5) is 14.0. The molecule has 1 aromatic rings. The van der Waals surface area contributed by atoms with E-state index in [0.29, 0.717) is 19.1 Å². The lowest BCUT2D eigenvalue weighted by molar-refractivity contribution is 0.0205. The first kappa shape index (κ1) is 18.6. The average molecular weight is 334 g/mol. The minimum atomic E-state index is -0.441. The molecule has 5 heteroatoms. The molecule has 0 radical (unpaired) electrons. The summed E-state index contributed by atoms with van der Waals surface area (Å²) in [7, 11) is 0. The number of nitrogens with two attached hydrogens (primary N) is 1. The number of benzene rings is 1. The number of piperidine rings is 1. The van der Waals surface area contributed by atoms with Crippen LogP contribution in [-0.2, 0) is 4.74 Å². The Morgan fingerprint density at radius 3 is 2.50 bits per heavy atom. The molecule has 1 fully saturated rings. The van der Waals surface area contributed by atoms with Gasteiger partial charge in [0.25, 0.3) is 0 Å². The third-order valence-corrected chi connectivity index (χ3v) is 4.21. The fraction of sp³-hybridized carbons (Fsp3) is 0.632. The van der Waals surface area contributed by atoms with Crippen molar-refractivity contribution in [1.29, 1.82) is 0 Å². The van der Waals surface area contributed by atoms with Gasteiger partial charge in [-0.15, -0.1) is 0 Å². The summed E-state index contributed by atoms with van der Waals surface area (Å²) in [6, 6.07) is 6.23. The summed E-state index contributed by atoms with van der Waals surface area (Å²) in [5.41, 5.74) is 7.61. The van der Waals surface area contributed by atoms with Crippen LogP contribution in [0.25, 0.3) is 0 Å². The number of rotatable bonds is 4. The number of aryl methyl sites for hydroxylation is 1. The number of nitrogens with zero attached hydrogens (tertiary/aromatic N) is 1. The van der Waals surface area contributed by atoms with Crippen LogP contribution in [0.2, 0.25) is 0 Å². The minimum absolute atomic E-state index is 0.205. The molecule has 1 aliphatic heterocycles. The molecule has 1 aliphatic rings. The predicted octanol–water partition coefficient (Wildman–Crippen LogP) is 3.45. The van der Waals surface area contributed by atoms with E-state index < -0.39 is 5.60 Å². The average Bonchev–Trinajstić information content (AvgIpc) is 2.51. The Morgan fingerprint density at radius 1 is 1.29 bits per heavy atom. The third kappa shape index (κ3) is 5.13. The highest BCUT2D eigenvalue weighted by molar-refractivity contribution is 5.68. The number of likely N-dealkylation sites (tertiary alicyclic amines) is 1. The summed E-state index contributed by atoms with van der Waals surface area (Å²) in [6.45, 7) is 10.3. The van der Waals surface area contributed by atoms with E-state index in [-0.39, 0.29) is 6.09 Å². The number of hydrogen-bond acceptors (Lipinski definition) is 4. The van der Waals surface area contributed by atoms with Crippen molar-refractivity contribution >= 4 is 6.09 Å². The molecule has 0 spiro atoms. The van der Waals surface area contributed by atoms with Crippen LogP contribution in [0.1, 0.15) is 50.7 Å². The first-order valence-electron chi connectivity index (χ1n) is 8.71. The molecule has 24 heavy (non-hydrogen) atoms. The van der Waals surface area contributed by atoms with Gasteiger partial charge in [0.1, 0.15) is 18.0 Å². The van der Waals surface area contributed by atoms with Crippen LogP contribution in [0.15, 0.2) is 18.2 Å². The molecule has 0 unspecified atom stereocenters. The van der Waals surface area contributed by atoms with Gasteiger partial charge < -0.3 is 20.1 Å². The molecule has 0 atom stereocenters. The Hall–Kier alpha value is -1.75. The molecular formula is C19H30N2O3. The van der Waals surface area contributed by atoms with Gasteiger partial charge in [-0.3, -0.25) is 0 Å². The topological polar surface area (TPSA) is 64.8 Å². The van der Waals surface area contributed by atoms with Gasteiger partial charge in [-0.1, -0.05) is 6.07 Å². The molecule has 1 heterocycles. The first-order valence-corrected chi connectivity index (χ1v) is 8.71. The highest BCUT2D eigenvalue weighted by atomic mass is 16.6. The maximum Gasteiger partial charge on any atom is 0.410 e. The molecule has 134 valence electrons. The molecule has 0 aromatic heterocycles. The van der Waals surface area contributed by atoms with Crippen LogP contribution in [0.3, 0.4) is 0 Å². The SMILES string of the molecule is Cc1cc(OCCN)ccc1C1CCN(C(=O)OC(C)(C)C)CC1. The standard InChI is InChI=1S/C19H30N2O3/c1-14-13-16(23-12-9-20)5-6-17(14)15-7-10-21(11-8-15)18(22)24-19(2,3)4/h5-6,13,15H,7-12,20H2,1-4H3. The van der Waals surface area contributed by atoms with E-state index in [1.165, 1.54) is 11.1 Å². The highest BCUT2D eigenvalue weighted by Gasteiger charge is 2.28. The molecular weight excluding hydrogens is 304 g/mol. The van der Waals surface area contributed by atoms with Crippen LogP contribution in [0.4, 0.5) is 4.79 Å². The number of carbonyl (C=O) groups excluding carboxylic acids is 1. The van der Waals surface area contributed by atoms with E-state index in [1.807, 2.05) is 31.7 Å². The smallest absolute Gasteiger partial charge is 0.410 e. The highest BCUT2D eigenvalue weighted by Crippen LogP contribution is 2.32. The second-order valence-electron chi connectivity index (χ2n) is 7.40. The van der Waals surface area contributed by atoms with Crippen molar-refractivity contribution in [2.24, 2.45) is 5.73 Å². The van der Waals surface area contributed by atoms with Crippen LogP contribution in [-0.4, -0.2) is 42.8 Å². The minimum Gasteiger partial charge on any atom is -0.492 e. The Kier molecular flexibility index (Phi) is 6.10. The third-order valence-electron chi connectivity index (χ3n) is 4.21. The van der Waals surface area contributed by atoms with Crippen LogP contribution < -0.4 is 10.5 Å². The Morgan fingerprint density at radius 2 is 1.96 bits per heavy atom. The molecule has 2 N–H and O–H groups in total. The van der Waals surface area contributed by atoms with Gasteiger partial charge in [-0.25, -0.2) is 4.79 Å². The molecule has 0 saturated carbocycles. The van der Waals surface area contributed by atoms with Crippen LogP contribution in [0.5, 0.6) is 5.75 Å². The number of carbonyl (C=O) groups is 1. The zero-order chi connectivity index (χ0) is 17.7. The Labute approximate surface area is 145 Å².